The Kier molecular flexibility index (Phi) is 4.78. The molecular weight excluding hydrogens is 180 g/mol. The lowest BCUT2D eigenvalue weighted by molar-refractivity contribution is 0.197. The molecule has 4 nitrogen and oxygen atoms in total. The second kappa shape index (κ2) is 6.21. The average molecular weight is 196 g/mol. The van der Waals surface area contributed by atoms with Crippen LogP contribution in [0.3, 0.4) is 0 Å². The van der Waals surface area contributed by atoms with E-state index in [0.29, 0.717) is 0 Å². The van der Waals surface area contributed by atoms with Crippen molar-refractivity contribution in [3.05, 3.63) is 18.3 Å². The van der Waals surface area contributed by atoms with Crippen LogP contribution in [0.25, 0.3) is 0 Å². The fraction of sp³-hybridized carbons (Fsp3) is 0.500. The number of anilines is 1. The lowest BCUT2D eigenvalue weighted by atomic mass is 10.4. The molecule has 0 aliphatic rings. The zero-order chi connectivity index (χ0) is 10.2. The van der Waals surface area contributed by atoms with Crippen molar-refractivity contribution >= 4 is 5.82 Å². The van der Waals surface area contributed by atoms with Gasteiger partial charge in [-0.2, -0.15) is 0 Å². The molecule has 0 spiro atoms. The van der Waals surface area contributed by atoms with Crippen LogP contribution < -0.4 is 10.1 Å². The minimum atomic E-state index is 0.752. The molecule has 1 aromatic heterocycles. The Balaban J connectivity index is 2.41. The molecule has 0 fully saturated rings. The van der Waals surface area contributed by atoms with Crippen LogP contribution in [-0.2, 0) is 4.74 Å². The molecular formula is C10H16N2O2. The molecule has 0 saturated heterocycles. The van der Waals surface area contributed by atoms with E-state index in [1.165, 1.54) is 0 Å². The van der Waals surface area contributed by atoms with E-state index < -0.39 is 0 Å². The molecule has 0 atom stereocenters. The molecule has 0 aliphatic carbocycles. The Bertz CT molecular complexity index is 266. The summed E-state index contributed by atoms with van der Waals surface area (Å²) in [5, 5.41) is 3.18. The molecule has 14 heavy (non-hydrogen) atoms. The molecule has 1 heterocycles. The highest BCUT2D eigenvalue weighted by Gasteiger charge is 2.00. The summed E-state index contributed by atoms with van der Waals surface area (Å²) in [7, 11) is 3.33. The summed E-state index contributed by atoms with van der Waals surface area (Å²) in [5.74, 6) is 1.55. The summed E-state index contributed by atoms with van der Waals surface area (Å²) < 4.78 is 10.1. The Morgan fingerprint density at radius 1 is 1.43 bits per heavy atom. The molecule has 0 aliphatic heterocycles. The van der Waals surface area contributed by atoms with Crippen LogP contribution in [0.1, 0.15) is 6.42 Å². The average Bonchev–Trinajstić information content (AvgIpc) is 2.25. The van der Waals surface area contributed by atoms with Gasteiger partial charge in [0.25, 0.3) is 0 Å². The number of ether oxygens (including phenoxy) is 2. The molecule has 1 N–H and O–H groups in total. The van der Waals surface area contributed by atoms with Crippen LogP contribution in [0.5, 0.6) is 5.75 Å². The van der Waals surface area contributed by atoms with E-state index in [0.717, 1.165) is 31.1 Å². The maximum atomic E-state index is 5.15. The van der Waals surface area contributed by atoms with Gasteiger partial charge in [0, 0.05) is 26.5 Å². The molecule has 1 rings (SSSR count). The first-order valence-electron chi connectivity index (χ1n) is 4.60. The second-order valence-corrected chi connectivity index (χ2v) is 2.83. The van der Waals surface area contributed by atoms with Crippen LogP contribution in [-0.4, -0.2) is 32.4 Å². The largest absolute Gasteiger partial charge is 0.493 e. The van der Waals surface area contributed by atoms with E-state index in [4.69, 9.17) is 9.47 Å². The minimum absolute atomic E-state index is 0.752. The Morgan fingerprint density at radius 3 is 3.00 bits per heavy atom. The van der Waals surface area contributed by atoms with E-state index >= 15 is 0 Å². The maximum absolute atomic E-state index is 5.15. The van der Waals surface area contributed by atoms with Crippen molar-refractivity contribution in [3.8, 4) is 5.75 Å². The summed E-state index contributed by atoms with van der Waals surface area (Å²) >= 11 is 0. The molecule has 4 heteroatoms. The number of nitrogens with zero attached hydrogens (tertiary/aromatic N) is 1. The summed E-state index contributed by atoms with van der Waals surface area (Å²) in [6.07, 6.45) is 2.69. The van der Waals surface area contributed by atoms with Gasteiger partial charge in [-0.15, -0.1) is 0 Å². The van der Waals surface area contributed by atoms with Crippen LogP contribution in [0.4, 0.5) is 5.82 Å². The predicted octanol–water partition coefficient (Wildman–Crippen LogP) is 1.54. The van der Waals surface area contributed by atoms with Crippen LogP contribution in [0.2, 0.25) is 0 Å². The fourth-order valence-corrected chi connectivity index (χ4v) is 1.11. The van der Waals surface area contributed by atoms with Crippen molar-refractivity contribution < 1.29 is 9.47 Å². The van der Waals surface area contributed by atoms with Crippen LogP contribution in [0, 0.1) is 0 Å². The van der Waals surface area contributed by atoms with Gasteiger partial charge in [-0.05, 0) is 18.6 Å². The van der Waals surface area contributed by atoms with Gasteiger partial charge < -0.3 is 14.8 Å². The summed E-state index contributed by atoms with van der Waals surface area (Å²) in [4.78, 5) is 4.17. The van der Waals surface area contributed by atoms with E-state index in [1.54, 1.807) is 20.4 Å². The third kappa shape index (κ3) is 3.22. The molecule has 1 aromatic rings. The number of hydrogen-bond acceptors (Lipinski definition) is 4. The molecule has 0 radical (unpaired) electrons. The Morgan fingerprint density at radius 2 is 2.29 bits per heavy atom. The monoisotopic (exact) mass is 196 g/mol. The number of rotatable bonds is 6. The van der Waals surface area contributed by atoms with E-state index in [1.807, 2.05) is 12.1 Å². The molecule has 0 aromatic carbocycles. The normalized spacial score (nSPS) is 9.86. The topological polar surface area (TPSA) is 43.4 Å². The second-order valence-electron chi connectivity index (χ2n) is 2.83. The first kappa shape index (κ1) is 10.8. The van der Waals surface area contributed by atoms with Gasteiger partial charge in [0.15, 0.2) is 11.6 Å². The van der Waals surface area contributed by atoms with Crippen LogP contribution >= 0.6 is 0 Å². The molecule has 0 unspecified atom stereocenters. The number of methoxy groups -OCH3 is 2. The smallest absolute Gasteiger partial charge is 0.168 e. The minimum Gasteiger partial charge on any atom is -0.493 e. The number of aromatic nitrogens is 1. The summed E-state index contributed by atoms with van der Waals surface area (Å²) in [5.41, 5.74) is 0. The molecule has 0 saturated carbocycles. The van der Waals surface area contributed by atoms with Crippen molar-refractivity contribution in [2.75, 3.05) is 32.7 Å². The molecule has 0 amide bonds. The zero-order valence-electron chi connectivity index (χ0n) is 8.62. The lowest BCUT2D eigenvalue weighted by Gasteiger charge is -2.08. The highest BCUT2D eigenvalue weighted by atomic mass is 16.5. The standard InChI is InChI=1S/C10H16N2O2/c1-13-8-4-7-12-10-9(14-2)5-3-6-11-10/h3,5-6H,4,7-8H2,1-2H3,(H,11,12). The highest BCUT2D eigenvalue weighted by molar-refractivity contribution is 5.49. The quantitative estimate of drug-likeness (QED) is 0.701. The number of pyridine rings is 1. The van der Waals surface area contributed by atoms with Crippen molar-refractivity contribution in [1.29, 1.82) is 0 Å². The molecule has 0 bridgehead atoms. The summed E-state index contributed by atoms with van der Waals surface area (Å²) in [6, 6.07) is 3.73. The lowest BCUT2D eigenvalue weighted by Crippen LogP contribution is -2.07. The van der Waals surface area contributed by atoms with Gasteiger partial charge in [0.2, 0.25) is 0 Å². The van der Waals surface area contributed by atoms with E-state index in [9.17, 15) is 0 Å². The van der Waals surface area contributed by atoms with E-state index in [2.05, 4.69) is 10.3 Å². The summed E-state index contributed by atoms with van der Waals surface area (Å²) in [6.45, 7) is 1.59. The van der Waals surface area contributed by atoms with Crippen molar-refractivity contribution in [1.82, 2.24) is 4.98 Å². The van der Waals surface area contributed by atoms with Gasteiger partial charge in [-0.25, -0.2) is 4.98 Å². The Labute approximate surface area is 84.3 Å². The van der Waals surface area contributed by atoms with Gasteiger partial charge in [-0.3, -0.25) is 0 Å². The predicted molar refractivity (Wildman–Crippen MR) is 55.8 cm³/mol. The van der Waals surface area contributed by atoms with E-state index in [-0.39, 0.29) is 0 Å². The Hall–Kier alpha value is -1.29. The zero-order valence-corrected chi connectivity index (χ0v) is 8.62. The van der Waals surface area contributed by atoms with Gasteiger partial charge >= 0.3 is 0 Å². The van der Waals surface area contributed by atoms with Gasteiger partial charge in [0.05, 0.1) is 7.11 Å². The van der Waals surface area contributed by atoms with Crippen molar-refractivity contribution in [2.24, 2.45) is 0 Å². The van der Waals surface area contributed by atoms with Crippen molar-refractivity contribution in [3.63, 3.8) is 0 Å². The molecule has 78 valence electrons. The van der Waals surface area contributed by atoms with Gasteiger partial charge in [0.1, 0.15) is 0 Å². The van der Waals surface area contributed by atoms with Crippen molar-refractivity contribution in [2.45, 2.75) is 6.42 Å². The third-order valence-electron chi connectivity index (χ3n) is 1.81. The highest BCUT2D eigenvalue weighted by Crippen LogP contribution is 2.19. The number of hydrogen-bond donors (Lipinski definition) is 1. The number of nitrogens with one attached hydrogen (secondary N) is 1. The maximum Gasteiger partial charge on any atom is 0.168 e. The SMILES string of the molecule is COCCCNc1ncccc1OC. The first-order valence-corrected chi connectivity index (χ1v) is 4.60. The fourth-order valence-electron chi connectivity index (χ4n) is 1.11. The van der Waals surface area contributed by atoms with Gasteiger partial charge in [-0.1, -0.05) is 0 Å². The van der Waals surface area contributed by atoms with Crippen LogP contribution in [0.15, 0.2) is 18.3 Å². The first-order chi connectivity index (χ1) is 6.88. The third-order valence-corrected chi connectivity index (χ3v) is 1.81.